The topological polar surface area (TPSA) is 41.1 Å². The summed E-state index contributed by atoms with van der Waals surface area (Å²) < 4.78 is 11.9. The number of hydrogen-bond donors (Lipinski definition) is 2. The van der Waals surface area contributed by atoms with E-state index in [2.05, 4.69) is 17.6 Å². The summed E-state index contributed by atoms with van der Waals surface area (Å²) in [6.07, 6.45) is 7.85. The number of rotatable bonds is 5. The van der Waals surface area contributed by atoms with Gasteiger partial charge in [-0.25, -0.2) is 9.18 Å². The second-order valence-electron chi connectivity index (χ2n) is 4.66. The highest BCUT2D eigenvalue weighted by Gasteiger charge is 2.32. The number of hydrogen-bond acceptors (Lipinski definition) is 1. The molecule has 2 N–H and O–H groups in total. The third-order valence-electron chi connectivity index (χ3n) is 3.30. The summed E-state index contributed by atoms with van der Waals surface area (Å²) in [5.41, 5.74) is -0.0343. The average molecular weight is 230 g/mol. The molecule has 0 unspecified atom stereocenters. The Balaban J connectivity index is 2.45. The average Bonchev–Trinajstić information content (AvgIpc) is 2.28. The van der Waals surface area contributed by atoms with Gasteiger partial charge in [0.25, 0.3) is 0 Å². The minimum Gasteiger partial charge on any atom is -0.336 e. The fraction of sp³-hybridized carbons (Fsp3) is 0.917. The van der Waals surface area contributed by atoms with Crippen LogP contribution in [0.3, 0.4) is 0 Å². The number of alkyl halides is 1. The van der Waals surface area contributed by atoms with Gasteiger partial charge < -0.3 is 10.6 Å². The number of carbonyl (C=O) groups excluding carboxylic acids is 1. The lowest BCUT2D eigenvalue weighted by Gasteiger charge is -2.38. The fourth-order valence-corrected chi connectivity index (χ4v) is 2.59. The summed E-state index contributed by atoms with van der Waals surface area (Å²) in [5, 5.41) is 5.59. The molecule has 0 aromatic heterocycles. The van der Waals surface area contributed by atoms with E-state index >= 15 is 0 Å². The zero-order valence-electron chi connectivity index (χ0n) is 10.2. The van der Waals surface area contributed by atoms with Crippen molar-refractivity contribution < 1.29 is 9.18 Å². The van der Waals surface area contributed by atoms with Crippen molar-refractivity contribution in [2.24, 2.45) is 0 Å². The highest BCUT2D eigenvalue weighted by atomic mass is 19.1. The molecule has 0 bridgehead atoms. The molecule has 1 rings (SSSR count). The van der Waals surface area contributed by atoms with E-state index in [4.69, 9.17) is 0 Å². The SMILES string of the molecule is CCCC1(NC(=O)NCCF)CCCCC1. The van der Waals surface area contributed by atoms with Crippen LogP contribution in [0.2, 0.25) is 0 Å². The van der Waals surface area contributed by atoms with Crippen LogP contribution in [0.1, 0.15) is 51.9 Å². The first kappa shape index (κ1) is 13.3. The second-order valence-corrected chi connectivity index (χ2v) is 4.66. The second kappa shape index (κ2) is 6.71. The van der Waals surface area contributed by atoms with E-state index in [0.29, 0.717) is 0 Å². The molecule has 1 saturated carbocycles. The monoisotopic (exact) mass is 230 g/mol. The Morgan fingerprint density at radius 3 is 2.56 bits per heavy atom. The number of nitrogens with one attached hydrogen (secondary N) is 2. The predicted octanol–water partition coefficient (Wildman–Crippen LogP) is 2.76. The first-order chi connectivity index (χ1) is 7.72. The van der Waals surface area contributed by atoms with Crippen molar-refractivity contribution in [1.29, 1.82) is 0 Å². The zero-order valence-corrected chi connectivity index (χ0v) is 10.2. The van der Waals surface area contributed by atoms with Crippen LogP contribution in [0, 0.1) is 0 Å². The summed E-state index contributed by atoms with van der Waals surface area (Å²) in [5.74, 6) is 0. The van der Waals surface area contributed by atoms with Crippen molar-refractivity contribution in [3.05, 3.63) is 0 Å². The van der Waals surface area contributed by atoms with Crippen LogP contribution >= 0.6 is 0 Å². The molecule has 4 heteroatoms. The van der Waals surface area contributed by atoms with Crippen LogP contribution in [0.4, 0.5) is 9.18 Å². The summed E-state index contributed by atoms with van der Waals surface area (Å²) in [6.45, 7) is 1.74. The molecule has 1 aliphatic carbocycles. The Morgan fingerprint density at radius 1 is 1.31 bits per heavy atom. The van der Waals surface area contributed by atoms with Crippen molar-refractivity contribution >= 4 is 6.03 Å². The summed E-state index contributed by atoms with van der Waals surface area (Å²) >= 11 is 0. The molecule has 2 amide bonds. The van der Waals surface area contributed by atoms with E-state index in [9.17, 15) is 9.18 Å². The zero-order chi connectivity index (χ0) is 11.9. The number of carbonyl (C=O) groups is 1. The van der Waals surface area contributed by atoms with Gasteiger partial charge in [0.05, 0.1) is 0 Å². The van der Waals surface area contributed by atoms with Gasteiger partial charge in [-0.1, -0.05) is 32.6 Å². The molecule has 0 saturated heterocycles. The summed E-state index contributed by atoms with van der Waals surface area (Å²) in [7, 11) is 0. The first-order valence-electron chi connectivity index (χ1n) is 6.34. The van der Waals surface area contributed by atoms with Crippen LogP contribution in [0.25, 0.3) is 0 Å². The van der Waals surface area contributed by atoms with Crippen molar-refractivity contribution in [2.45, 2.75) is 57.4 Å². The molecule has 3 nitrogen and oxygen atoms in total. The van der Waals surface area contributed by atoms with Gasteiger partial charge in [0.1, 0.15) is 6.67 Å². The van der Waals surface area contributed by atoms with Gasteiger partial charge >= 0.3 is 6.03 Å². The Kier molecular flexibility index (Phi) is 5.56. The van der Waals surface area contributed by atoms with Crippen LogP contribution in [-0.4, -0.2) is 24.8 Å². The van der Waals surface area contributed by atoms with Gasteiger partial charge in [-0.15, -0.1) is 0 Å². The van der Waals surface area contributed by atoms with Gasteiger partial charge in [-0.3, -0.25) is 0 Å². The quantitative estimate of drug-likeness (QED) is 0.749. The lowest BCUT2D eigenvalue weighted by atomic mass is 9.78. The number of amides is 2. The Bertz CT molecular complexity index is 210. The standard InChI is InChI=1S/C12H23FN2O/c1-2-6-12(7-4-3-5-8-12)15-11(16)14-10-9-13/h2-10H2,1H3,(H2,14,15,16). The molecule has 16 heavy (non-hydrogen) atoms. The van der Waals surface area contributed by atoms with E-state index in [1.54, 1.807) is 0 Å². The minimum atomic E-state index is -0.506. The molecule has 0 spiro atoms. The molecular formula is C12H23FN2O. The van der Waals surface area contributed by atoms with Gasteiger partial charge in [0, 0.05) is 12.1 Å². The maximum atomic E-state index is 11.9. The van der Waals surface area contributed by atoms with Gasteiger partial charge in [-0.2, -0.15) is 0 Å². The maximum absolute atomic E-state index is 11.9. The highest BCUT2D eigenvalue weighted by molar-refractivity contribution is 5.74. The third-order valence-corrected chi connectivity index (χ3v) is 3.30. The van der Waals surface area contributed by atoms with Crippen molar-refractivity contribution in [3.63, 3.8) is 0 Å². The molecule has 0 aromatic rings. The first-order valence-corrected chi connectivity index (χ1v) is 6.34. The molecular weight excluding hydrogens is 207 g/mol. The van der Waals surface area contributed by atoms with Crippen molar-refractivity contribution in [3.8, 4) is 0 Å². The summed E-state index contributed by atoms with van der Waals surface area (Å²) in [6, 6.07) is -0.215. The minimum absolute atomic E-state index is 0.0343. The van der Waals surface area contributed by atoms with E-state index < -0.39 is 6.67 Å². The predicted molar refractivity (Wildman–Crippen MR) is 63.2 cm³/mol. The van der Waals surface area contributed by atoms with Crippen LogP contribution < -0.4 is 10.6 Å². The van der Waals surface area contributed by atoms with Gasteiger partial charge in [0.15, 0.2) is 0 Å². The van der Waals surface area contributed by atoms with E-state index in [1.807, 2.05) is 0 Å². The smallest absolute Gasteiger partial charge is 0.315 e. The Labute approximate surface area is 97.2 Å². The van der Waals surface area contributed by atoms with Gasteiger partial charge in [-0.05, 0) is 19.3 Å². The Hall–Kier alpha value is -0.800. The third kappa shape index (κ3) is 3.99. The Morgan fingerprint density at radius 2 is 2.00 bits per heavy atom. The molecule has 1 fully saturated rings. The molecule has 0 radical (unpaired) electrons. The molecule has 0 aliphatic heterocycles. The normalized spacial score (nSPS) is 19.1. The van der Waals surface area contributed by atoms with E-state index in [1.165, 1.54) is 19.3 Å². The molecule has 0 atom stereocenters. The molecule has 1 aliphatic rings. The highest BCUT2D eigenvalue weighted by Crippen LogP contribution is 2.31. The fourth-order valence-electron chi connectivity index (χ4n) is 2.59. The van der Waals surface area contributed by atoms with Gasteiger partial charge in [0.2, 0.25) is 0 Å². The molecule has 0 aromatic carbocycles. The van der Waals surface area contributed by atoms with Crippen LogP contribution in [0.5, 0.6) is 0 Å². The van der Waals surface area contributed by atoms with E-state index in [-0.39, 0.29) is 18.1 Å². The maximum Gasteiger partial charge on any atom is 0.315 e. The van der Waals surface area contributed by atoms with Crippen molar-refractivity contribution in [1.82, 2.24) is 10.6 Å². The lowest BCUT2D eigenvalue weighted by Crippen LogP contribution is -2.53. The van der Waals surface area contributed by atoms with Crippen LogP contribution in [0.15, 0.2) is 0 Å². The molecule has 94 valence electrons. The summed E-state index contributed by atoms with van der Waals surface area (Å²) in [4.78, 5) is 11.6. The number of urea groups is 1. The molecule has 0 heterocycles. The lowest BCUT2D eigenvalue weighted by molar-refractivity contribution is 0.194. The number of halogens is 1. The van der Waals surface area contributed by atoms with E-state index in [0.717, 1.165) is 25.7 Å². The largest absolute Gasteiger partial charge is 0.336 e. The van der Waals surface area contributed by atoms with Crippen molar-refractivity contribution in [2.75, 3.05) is 13.2 Å². The van der Waals surface area contributed by atoms with Crippen LogP contribution in [-0.2, 0) is 0 Å².